The van der Waals surface area contributed by atoms with Gasteiger partial charge in [0.15, 0.2) is 0 Å². The van der Waals surface area contributed by atoms with E-state index in [1.165, 1.54) is 0 Å². The van der Waals surface area contributed by atoms with E-state index in [1.807, 2.05) is 42.7 Å². The van der Waals surface area contributed by atoms with Gasteiger partial charge in [0, 0.05) is 41.9 Å². The molecule has 0 saturated heterocycles. The van der Waals surface area contributed by atoms with Gasteiger partial charge in [0.05, 0.1) is 0 Å². The molecule has 2 heterocycles. The Morgan fingerprint density at radius 3 is 2.62 bits per heavy atom. The first-order chi connectivity index (χ1) is 7.75. The highest BCUT2D eigenvalue weighted by Crippen LogP contribution is 2.09. The van der Waals surface area contributed by atoms with Crippen molar-refractivity contribution in [2.45, 2.75) is 6.54 Å². The molecule has 5 heteroatoms. The third kappa shape index (κ3) is 2.88. The number of rotatable bonds is 3. The molecule has 0 saturated carbocycles. The minimum absolute atomic E-state index is 0.726. The van der Waals surface area contributed by atoms with Crippen LogP contribution in [0.15, 0.2) is 36.9 Å². The summed E-state index contributed by atoms with van der Waals surface area (Å²) in [5, 5.41) is 0. The first-order valence-electron chi connectivity index (χ1n) is 4.83. The Labute approximate surface area is 108 Å². The zero-order chi connectivity index (χ0) is 11.4. The summed E-state index contributed by atoms with van der Waals surface area (Å²) in [7, 11) is 1.97. The summed E-state index contributed by atoms with van der Waals surface area (Å²) in [6.45, 7) is 0.758. The number of aromatic nitrogens is 3. The fraction of sp³-hybridized carbons (Fsp3) is 0.182. The molecule has 0 fully saturated rings. The van der Waals surface area contributed by atoms with Crippen LogP contribution in [0.3, 0.4) is 0 Å². The fourth-order valence-corrected chi connectivity index (χ4v) is 1.62. The van der Waals surface area contributed by atoms with Crippen molar-refractivity contribution in [3.63, 3.8) is 0 Å². The molecule has 0 spiro atoms. The van der Waals surface area contributed by atoms with E-state index in [0.717, 1.165) is 21.6 Å². The maximum Gasteiger partial charge on any atom is 0.225 e. The summed E-state index contributed by atoms with van der Waals surface area (Å²) in [6, 6.07) is 3.97. The van der Waals surface area contributed by atoms with Gasteiger partial charge < -0.3 is 4.90 Å². The zero-order valence-corrected chi connectivity index (χ0v) is 11.0. The Hall–Kier alpha value is -1.24. The largest absolute Gasteiger partial charge is 0.340 e. The fourth-order valence-electron chi connectivity index (χ4n) is 1.34. The second kappa shape index (κ2) is 5.20. The quantitative estimate of drug-likeness (QED) is 0.811. The van der Waals surface area contributed by atoms with Crippen LogP contribution in [0.1, 0.15) is 5.56 Å². The van der Waals surface area contributed by atoms with E-state index in [0.29, 0.717) is 0 Å². The van der Waals surface area contributed by atoms with Gasteiger partial charge in [0.25, 0.3) is 0 Å². The first kappa shape index (κ1) is 11.3. The molecular weight excluding hydrogens is 315 g/mol. The lowest BCUT2D eigenvalue weighted by Gasteiger charge is -2.16. The van der Waals surface area contributed by atoms with Crippen molar-refractivity contribution < 1.29 is 0 Å². The second-order valence-electron chi connectivity index (χ2n) is 3.42. The van der Waals surface area contributed by atoms with Gasteiger partial charge in [0.2, 0.25) is 5.95 Å². The number of anilines is 1. The molecule has 82 valence electrons. The Balaban J connectivity index is 2.09. The third-order valence-corrected chi connectivity index (χ3v) is 2.65. The van der Waals surface area contributed by atoms with Gasteiger partial charge >= 0.3 is 0 Å². The maximum absolute atomic E-state index is 4.26. The third-order valence-electron chi connectivity index (χ3n) is 2.09. The molecule has 0 bridgehead atoms. The lowest BCUT2D eigenvalue weighted by Crippen LogP contribution is -2.19. The maximum atomic E-state index is 4.26. The number of hydrogen-bond donors (Lipinski definition) is 0. The SMILES string of the molecule is CN(Cc1cccnc1)c1ncc(I)cn1. The van der Waals surface area contributed by atoms with E-state index >= 15 is 0 Å². The van der Waals surface area contributed by atoms with E-state index in [-0.39, 0.29) is 0 Å². The molecule has 0 N–H and O–H groups in total. The number of hydrogen-bond acceptors (Lipinski definition) is 4. The molecule has 0 unspecified atom stereocenters. The van der Waals surface area contributed by atoms with E-state index in [1.54, 1.807) is 6.20 Å². The summed E-state index contributed by atoms with van der Waals surface area (Å²) in [6.07, 6.45) is 7.24. The van der Waals surface area contributed by atoms with Crippen molar-refractivity contribution in [1.29, 1.82) is 0 Å². The molecule has 2 aromatic heterocycles. The average Bonchev–Trinajstić information content (AvgIpc) is 2.31. The van der Waals surface area contributed by atoms with Crippen LogP contribution in [0.4, 0.5) is 5.95 Å². The number of pyridine rings is 1. The summed E-state index contributed by atoms with van der Waals surface area (Å²) in [5.41, 5.74) is 1.15. The van der Waals surface area contributed by atoms with Gasteiger partial charge in [-0.05, 0) is 34.2 Å². The van der Waals surface area contributed by atoms with Gasteiger partial charge in [-0.25, -0.2) is 9.97 Å². The van der Waals surface area contributed by atoms with Crippen molar-refractivity contribution in [3.8, 4) is 0 Å². The Morgan fingerprint density at radius 1 is 1.25 bits per heavy atom. The molecule has 2 rings (SSSR count). The molecule has 0 aromatic carbocycles. The minimum atomic E-state index is 0.726. The predicted octanol–water partition coefficient (Wildman–Crippen LogP) is 2.11. The molecule has 2 aromatic rings. The molecule has 0 amide bonds. The Morgan fingerprint density at radius 2 is 2.00 bits per heavy atom. The van der Waals surface area contributed by atoms with E-state index in [9.17, 15) is 0 Å². The van der Waals surface area contributed by atoms with Crippen LogP contribution in [0.2, 0.25) is 0 Å². The molecule has 4 nitrogen and oxygen atoms in total. The summed E-state index contributed by atoms with van der Waals surface area (Å²) < 4.78 is 1.04. The van der Waals surface area contributed by atoms with Crippen LogP contribution >= 0.6 is 22.6 Å². The van der Waals surface area contributed by atoms with Crippen LogP contribution in [-0.2, 0) is 6.54 Å². The molecule has 16 heavy (non-hydrogen) atoms. The normalized spacial score (nSPS) is 10.1. The summed E-state index contributed by atoms with van der Waals surface area (Å²) >= 11 is 2.19. The topological polar surface area (TPSA) is 41.9 Å². The molecule has 0 aliphatic carbocycles. The molecule has 0 atom stereocenters. The highest BCUT2D eigenvalue weighted by atomic mass is 127. The van der Waals surface area contributed by atoms with Crippen molar-refractivity contribution in [3.05, 3.63) is 46.1 Å². The van der Waals surface area contributed by atoms with E-state index in [2.05, 4.69) is 37.5 Å². The molecular formula is C11H11IN4. The van der Waals surface area contributed by atoms with Gasteiger partial charge in [0.1, 0.15) is 0 Å². The van der Waals surface area contributed by atoms with Gasteiger partial charge in [-0.2, -0.15) is 0 Å². The number of halogens is 1. The molecule has 0 aliphatic heterocycles. The van der Waals surface area contributed by atoms with Crippen molar-refractivity contribution >= 4 is 28.5 Å². The second-order valence-corrected chi connectivity index (χ2v) is 4.66. The van der Waals surface area contributed by atoms with Crippen LogP contribution in [0, 0.1) is 3.57 Å². The van der Waals surface area contributed by atoms with Gasteiger partial charge in [-0.3, -0.25) is 4.98 Å². The van der Waals surface area contributed by atoms with Gasteiger partial charge in [-0.1, -0.05) is 6.07 Å². The van der Waals surface area contributed by atoms with E-state index in [4.69, 9.17) is 0 Å². The lowest BCUT2D eigenvalue weighted by molar-refractivity contribution is 0.860. The van der Waals surface area contributed by atoms with Crippen LogP contribution in [-0.4, -0.2) is 22.0 Å². The van der Waals surface area contributed by atoms with Crippen molar-refractivity contribution in [2.24, 2.45) is 0 Å². The van der Waals surface area contributed by atoms with Crippen molar-refractivity contribution in [2.75, 3.05) is 11.9 Å². The number of nitrogens with zero attached hydrogens (tertiary/aromatic N) is 4. The zero-order valence-electron chi connectivity index (χ0n) is 8.84. The van der Waals surface area contributed by atoms with Crippen LogP contribution < -0.4 is 4.90 Å². The predicted molar refractivity (Wildman–Crippen MR) is 71.1 cm³/mol. The lowest BCUT2D eigenvalue weighted by atomic mass is 10.3. The van der Waals surface area contributed by atoms with Crippen molar-refractivity contribution in [1.82, 2.24) is 15.0 Å². The monoisotopic (exact) mass is 326 g/mol. The molecule has 0 radical (unpaired) electrons. The van der Waals surface area contributed by atoms with Gasteiger partial charge in [-0.15, -0.1) is 0 Å². The highest BCUT2D eigenvalue weighted by Gasteiger charge is 2.04. The Bertz CT molecular complexity index is 443. The molecule has 0 aliphatic rings. The smallest absolute Gasteiger partial charge is 0.225 e. The first-order valence-corrected chi connectivity index (χ1v) is 5.91. The standard InChI is InChI=1S/C11H11IN4/c1-16(8-9-3-2-4-13-5-9)11-14-6-10(12)7-15-11/h2-7H,8H2,1H3. The van der Waals surface area contributed by atoms with Crippen LogP contribution in [0.25, 0.3) is 0 Å². The summed E-state index contributed by atoms with van der Waals surface area (Å²) in [5.74, 6) is 0.726. The average molecular weight is 326 g/mol. The Kier molecular flexibility index (Phi) is 3.66. The highest BCUT2D eigenvalue weighted by molar-refractivity contribution is 14.1. The van der Waals surface area contributed by atoms with Crippen LogP contribution in [0.5, 0.6) is 0 Å². The minimum Gasteiger partial charge on any atom is -0.340 e. The van der Waals surface area contributed by atoms with E-state index < -0.39 is 0 Å². The summed E-state index contributed by atoms with van der Waals surface area (Å²) in [4.78, 5) is 14.6.